The number of benzene rings is 1. The third-order valence-corrected chi connectivity index (χ3v) is 3.06. The number of hydrogen-bond donors (Lipinski definition) is 2. The van der Waals surface area contributed by atoms with Crippen LogP contribution in [0, 0.1) is 0 Å². The zero-order valence-electron chi connectivity index (χ0n) is 12.2. The number of halogens is 2. The Morgan fingerprint density at radius 1 is 1.45 bits per heavy atom. The van der Waals surface area contributed by atoms with Gasteiger partial charge >= 0.3 is 0 Å². The molecule has 0 fully saturated rings. The van der Waals surface area contributed by atoms with Gasteiger partial charge in [0.05, 0.1) is 6.54 Å². The molecular formula is C15H23ClIN3. The van der Waals surface area contributed by atoms with E-state index in [9.17, 15) is 0 Å². The molecule has 0 unspecified atom stereocenters. The first-order chi connectivity index (χ1) is 8.81. The highest BCUT2D eigenvalue weighted by Gasteiger charge is 2.20. The molecule has 3 nitrogen and oxygen atoms in total. The Kier molecular flexibility index (Phi) is 8.20. The van der Waals surface area contributed by atoms with Gasteiger partial charge in [-0.05, 0) is 24.6 Å². The van der Waals surface area contributed by atoms with Crippen LogP contribution in [0.5, 0.6) is 0 Å². The number of guanidine groups is 1. The summed E-state index contributed by atoms with van der Waals surface area (Å²) in [5.74, 6) is 0.443. The highest BCUT2D eigenvalue weighted by atomic mass is 127. The molecule has 112 valence electrons. The average molecular weight is 408 g/mol. The molecule has 3 N–H and O–H groups in total. The van der Waals surface area contributed by atoms with E-state index in [4.69, 9.17) is 17.3 Å². The van der Waals surface area contributed by atoms with Gasteiger partial charge in [-0.3, -0.25) is 4.99 Å². The normalized spacial score (nSPS) is 11.7. The summed E-state index contributed by atoms with van der Waals surface area (Å²) in [5, 5.41) is 3.76. The molecule has 1 aromatic carbocycles. The maximum atomic E-state index is 6.02. The molecule has 0 saturated heterocycles. The van der Waals surface area contributed by atoms with E-state index in [1.54, 1.807) is 0 Å². The average Bonchev–Trinajstić information content (AvgIpc) is 2.34. The van der Waals surface area contributed by atoms with Crippen LogP contribution >= 0.6 is 35.6 Å². The molecule has 1 aromatic rings. The predicted octanol–water partition coefficient (Wildman–Crippen LogP) is 3.72. The van der Waals surface area contributed by atoms with Gasteiger partial charge in [0, 0.05) is 17.0 Å². The Labute approximate surface area is 143 Å². The lowest BCUT2D eigenvalue weighted by atomic mass is 9.85. The van der Waals surface area contributed by atoms with Crippen LogP contribution in [0.1, 0.15) is 26.3 Å². The largest absolute Gasteiger partial charge is 0.370 e. The van der Waals surface area contributed by atoms with Crippen LogP contribution in [0.25, 0.3) is 0 Å². The van der Waals surface area contributed by atoms with Crippen molar-refractivity contribution in [2.45, 2.75) is 26.2 Å². The summed E-state index contributed by atoms with van der Waals surface area (Å²) in [6.07, 6.45) is 0. The van der Waals surface area contributed by atoms with Crippen LogP contribution in [0.4, 0.5) is 0 Å². The van der Waals surface area contributed by atoms with Gasteiger partial charge in [0.25, 0.3) is 0 Å². The van der Waals surface area contributed by atoms with Crippen molar-refractivity contribution in [1.82, 2.24) is 5.32 Å². The second-order valence-electron chi connectivity index (χ2n) is 5.41. The minimum absolute atomic E-state index is 0. The van der Waals surface area contributed by atoms with Crippen LogP contribution in [-0.2, 0) is 5.41 Å². The molecule has 0 atom stereocenters. The van der Waals surface area contributed by atoms with Gasteiger partial charge < -0.3 is 11.1 Å². The van der Waals surface area contributed by atoms with E-state index in [0.29, 0.717) is 19.0 Å². The molecular weight excluding hydrogens is 385 g/mol. The van der Waals surface area contributed by atoms with E-state index in [1.807, 2.05) is 25.1 Å². The minimum atomic E-state index is -0.111. The molecule has 0 aliphatic carbocycles. The topological polar surface area (TPSA) is 50.4 Å². The Morgan fingerprint density at radius 3 is 2.65 bits per heavy atom. The van der Waals surface area contributed by atoms with Gasteiger partial charge in [-0.25, -0.2) is 0 Å². The quantitative estimate of drug-likeness (QED) is 0.338. The molecule has 0 heterocycles. The van der Waals surface area contributed by atoms with E-state index >= 15 is 0 Å². The fourth-order valence-electron chi connectivity index (χ4n) is 1.58. The molecule has 20 heavy (non-hydrogen) atoms. The summed E-state index contributed by atoms with van der Waals surface area (Å²) in [4.78, 5) is 4.37. The van der Waals surface area contributed by atoms with Gasteiger partial charge in [0.15, 0.2) is 5.96 Å². The number of nitrogens with two attached hydrogens (primary N) is 1. The van der Waals surface area contributed by atoms with Gasteiger partial charge in [-0.2, -0.15) is 0 Å². The first-order valence-electron chi connectivity index (χ1n) is 6.25. The number of nitrogens with zero attached hydrogens (tertiary/aromatic N) is 1. The molecule has 5 heteroatoms. The lowest BCUT2D eigenvalue weighted by Crippen LogP contribution is -2.34. The fourth-order valence-corrected chi connectivity index (χ4v) is 1.77. The molecule has 0 aliphatic rings. The number of nitrogens with one attached hydrogen (secondary N) is 1. The van der Waals surface area contributed by atoms with E-state index in [0.717, 1.165) is 16.2 Å². The second kappa shape index (κ2) is 8.52. The Hall–Kier alpha value is -0.750. The highest BCUT2D eigenvalue weighted by molar-refractivity contribution is 14.0. The number of hydrogen-bond acceptors (Lipinski definition) is 1. The van der Waals surface area contributed by atoms with Gasteiger partial charge in [0.1, 0.15) is 0 Å². The Balaban J connectivity index is 0.00000361. The minimum Gasteiger partial charge on any atom is -0.370 e. The van der Waals surface area contributed by atoms with Crippen molar-refractivity contribution in [3.8, 4) is 0 Å². The van der Waals surface area contributed by atoms with Crippen LogP contribution in [0.3, 0.4) is 0 Å². The van der Waals surface area contributed by atoms with Crippen molar-refractivity contribution < 1.29 is 0 Å². The van der Waals surface area contributed by atoms with Crippen molar-refractivity contribution in [2.24, 2.45) is 10.7 Å². The summed E-state index contributed by atoms with van der Waals surface area (Å²) >= 11 is 6.02. The van der Waals surface area contributed by atoms with E-state index in [2.05, 4.69) is 36.8 Å². The van der Waals surface area contributed by atoms with Crippen LogP contribution in [0.2, 0.25) is 5.02 Å². The molecule has 0 aliphatic heterocycles. The predicted molar refractivity (Wildman–Crippen MR) is 99.2 cm³/mol. The van der Waals surface area contributed by atoms with Gasteiger partial charge in [-0.1, -0.05) is 49.7 Å². The van der Waals surface area contributed by atoms with Crippen molar-refractivity contribution in [2.75, 3.05) is 13.1 Å². The monoisotopic (exact) mass is 407 g/mol. The van der Waals surface area contributed by atoms with E-state index < -0.39 is 0 Å². The summed E-state index contributed by atoms with van der Waals surface area (Å²) in [6.45, 7) is 11.2. The molecule has 0 amide bonds. The summed E-state index contributed by atoms with van der Waals surface area (Å²) in [7, 11) is 0. The zero-order chi connectivity index (χ0) is 14.5. The first-order valence-corrected chi connectivity index (χ1v) is 6.63. The van der Waals surface area contributed by atoms with Gasteiger partial charge in [0.2, 0.25) is 0 Å². The Bertz CT molecular complexity index is 484. The van der Waals surface area contributed by atoms with Gasteiger partial charge in [-0.15, -0.1) is 24.0 Å². The molecule has 1 rings (SSSR count). The number of rotatable bonds is 5. The maximum Gasteiger partial charge on any atom is 0.188 e. The molecule has 0 aromatic heterocycles. The van der Waals surface area contributed by atoms with Crippen LogP contribution in [-0.4, -0.2) is 19.0 Å². The third-order valence-electron chi connectivity index (χ3n) is 2.82. The third kappa shape index (κ3) is 6.61. The van der Waals surface area contributed by atoms with Crippen molar-refractivity contribution in [3.05, 3.63) is 47.0 Å². The van der Waals surface area contributed by atoms with E-state index in [1.165, 1.54) is 0 Å². The molecule has 0 bridgehead atoms. The standard InChI is InChI=1S/C15H22ClN3.HI/c1-11(2)9-18-14(17)19-10-15(3,4)12-6-5-7-13(16)8-12;/h5-8H,1,9-10H2,2-4H3,(H3,17,18,19);1H. The van der Waals surface area contributed by atoms with Crippen molar-refractivity contribution in [3.63, 3.8) is 0 Å². The maximum absolute atomic E-state index is 6.02. The second-order valence-corrected chi connectivity index (χ2v) is 5.84. The lowest BCUT2D eigenvalue weighted by molar-refractivity contribution is 0.539. The van der Waals surface area contributed by atoms with Crippen molar-refractivity contribution >= 4 is 41.5 Å². The van der Waals surface area contributed by atoms with Crippen LogP contribution < -0.4 is 11.1 Å². The van der Waals surface area contributed by atoms with Crippen LogP contribution in [0.15, 0.2) is 41.4 Å². The SMILES string of the molecule is C=C(C)CNC(N)=NCC(C)(C)c1cccc(Cl)c1.I. The molecule has 0 saturated carbocycles. The fraction of sp³-hybridized carbons (Fsp3) is 0.400. The highest BCUT2D eigenvalue weighted by Crippen LogP contribution is 2.25. The lowest BCUT2D eigenvalue weighted by Gasteiger charge is -2.23. The zero-order valence-corrected chi connectivity index (χ0v) is 15.3. The first kappa shape index (κ1) is 19.2. The number of aliphatic imine (C=N–C) groups is 1. The molecule has 0 spiro atoms. The molecule has 0 radical (unpaired) electrons. The smallest absolute Gasteiger partial charge is 0.188 e. The van der Waals surface area contributed by atoms with Crippen molar-refractivity contribution in [1.29, 1.82) is 0 Å². The summed E-state index contributed by atoms with van der Waals surface area (Å²) in [6, 6.07) is 7.84. The summed E-state index contributed by atoms with van der Waals surface area (Å²) < 4.78 is 0. The summed E-state index contributed by atoms with van der Waals surface area (Å²) in [5.41, 5.74) is 7.87. The Morgan fingerprint density at radius 2 is 2.10 bits per heavy atom. The van der Waals surface area contributed by atoms with E-state index in [-0.39, 0.29) is 29.4 Å².